The Hall–Kier alpha value is -1.04. The van der Waals surface area contributed by atoms with E-state index in [1.165, 1.54) is 0 Å². The molecule has 0 aliphatic carbocycles. The summed E-state index contributed by atoms with van der Waals surface area (Å²) in [6.45, 7) is 6.11. The Bertz CT molecular complexity index is 502. The maximum atomic E-state index is 12.7. The lowest BCUT2D eigenvalue weighted by molar-refractivity contribution is 0.0770. The van der Waals surface area contributed by atoms with Crippen LogP contribution in [0.3, 0.4) is 0 Å². The first-order valence-corrected chi connectivity index (χ1v) is 8.89. The van der Waals surface area contributed by atoms with Gasteiger partial charge in [0.05, 0.1) is 5.56 Å². The SMILES string of the molecule is CSc1ccccc1C(=O)N1CCC(N2CCNCC2)C1. The number of piperazine rings is 1. The lowest BCUT2D eigenvalue weighted by atomic mass is 10.2. The third kappa shape index (κ3) is 3.25. The molecule has 2 heterocycles. The van der Waals surface area contributed by atoms with Crippen LogP contribution in [0.2, 0.25) is 0 Å². The minimum absolute atomic E-state index is 0.192. The van der Waals surface area contributed by atoms with Gasteiger partial charge in [0.15, 0.2) is 0 Å². The van der Waals surface area contributed by atoms with Crippen molar-refractivity contribution >= 4 is 17.7 Å². The summed E-state index contributed by atoms with van der Waals surface area (Å²) in [6.07, 6.45) is 3.13. The number of carbonyl (C=O) groups is 1. The summed E-state index contributed by atoms with van der Waals surface area (Å²) in [5.74, 6) is 0.192. The Morgan fingerprint density at radius 2 is 2.00 bits per heavy atom. The summed E-state index contributed by atoms with van der Waals surface area (Å²) >= 11 is 1.65. The van der Waals surface area contributed by atoms with E-state index in [1.807, 2.05) is 35.4 Å². The highest BCUT2D eigenvalue weighted by Gasteiger charge is 2.31. The molecular formula is C16H23N3OS. The fourth-order valence-corrected chi connectivity index (χ4v) is 3.85. The van der Waals surface area contributed by atoms with Crippen molar-refractivity contribution in [1.29, 1.82) is 0 Å². The van der Waals surface area contributed by atoms with Crippen molar-refractivity contribution in [3.05, 3.63) is 29.8 Å². The first-order chi connectivity index (χ1) is 10.3. The smallest absolute Gasteiger partial charge is 0.255 e. The first-order valence-electron chi connectivity index (χ1n) is 7.66. The second-order valence-electron chi connectivity index (χ2n) is 5.68. The number of thioether (sulfide) groups is 1. The number of hydrogen-bond donors (Lipinski definition) is 1. The lowest BCUT2D eigenvalue weighted by Crippen LogP contribution is -2.49. The van der Waals surface area contributed by atoms with Crippen molar-refractivity contribution in [2.24, 2.45) is 0 Å². The number of rotatable bonds is 3. The summed E-state index contributed by atoms with van der Waals surface area (Å²) in [4.78, 5) is 18.4. The first kappa shape index (κ1) is 14.9. The summed E-state index contributed by atoms with van der Waals surface area (Å²) in [7, 11) is 0. The zero-order chi connectivity index (χ0) is 14.7. The van der Waals surface area contributed by atoms with Gasteiger partial charge in [0.2, 0.25) is 0 Å². The molecule has 114 valence electrons. The number of hydrogen-bond acceptors (Lipinski definition) is 4. The van der Waals surface area contributed by atoms with Gasteiger partial charge in [-0.15, -0.1) is 11.8 Å². The number of nitrogens with zero attached hydrogens (tertiary/aromatic N) is 2. The highest BCUT2D eigenvalue weighted by Crippen LogP contribution is 2.24. The minimum Gasteiger partial charge on any atom is -0.337 e. The topological polar surface area (TPSA) is 35.6 Å². The van der Waals surface area contributed by atoms with Crippen LogP contribution in [0.4, 0.5) is 0 Å². The Kier molecular flexibility index (Phi) is 4.83. The predicted octanol–water partition coefficient (Wildman–Crippen LogP) is 1.53. The fraction of sp³-hybridized carbons (Fsp3) is 0.562. The van der Waals surface area contributed by atoms with Crippen LogP contribution in [0.5, 0.6) is 0 Å². The van der Waals surface area contributed by atoms with E-state index in [4.69, 9.17) is 0 Å². The number of carbonyl (C=O) groups excluding carboxylic acids is 1. The van der Waals surface area contributed by atoms with Crippen molar-refractivity contribution in [1.82, 2.24) is 15.1 Å². The Morgan fingerprint density at radius 3 is 2.76 bits per heavy atom. The quantitative estimate of drug-likeness (QED) is 0.859. The van der Waals surface area contributed by atoms with Gasteiger partial charge in [-0.05, 0) is 24.8 Å². The molecule has 4 nitrogen and oxygen atoms in total. The fourth-order valence-electron chi connectivity index (χ4n) is 3.26. The van der Waals surface area contributed by atoms with E-state index >= 15 is 0 Å². The van der Waals surface area contributed by atoms with Crippen LogP contribution in [0.25, 0.3) is 0 Å². The number of likely N-dealkylation sites (tertiary alicyclic amines) is 1. The van der Waals surface area contributed by atoms with Crippen LogP contribution < -0.4 is 5.32 Å². The molecule has 0 aromatic heterocycles. The molecule has 1 amide bonds. The van der Waals surface area contributed by atoms with Crippen molar-refractivity contribution in [2.75, 3.05) is 45.5 Å². The van der Waals surface area contributed by atoms with Crippen molar-refractivity contribution < 1.29 is 4.79 Å². The lowest BCUT2D eigenvalue weighted by Gasteiger charge is -2.32. The summed E-state index contributed by atoms with van der Waals surface area (Å²) < 4.78 is 0. The third-order valence-corrected chi connectivity index (χ3v) is 5.25. The van der Waals surface area contributed by atoms with Gasteiger partial charge in [0.25, 0.3) is 5.91 Å². The van der Waals surface area contributed by atoms with Gasteiger partial charge in [-0.3, -0.25) is 9.69 Å². The molecule has 2 fully saturated rings. The molecule has 0 saturated carbocycles. The third-order valence-electron chi connectivity index (χ3n) is 4.46. The van der Waals surface area contributed by atoms with E-state index in [1.54, 1.807) is 11.8 Å². The predicted molar refractivity (Wildman–Crippen MR) is 87.0 cm³/mol. The Balaban J connectivity index is 1.66. The molecule has 2 aliphatic rings. The molecule has 1 unspecified atom stereocenters. The zero-order valence-electron chi connectivity index (χ0n) is 12.5. The second-order valence-corrected chi connectivity index (χ2v) is 6.53. The molecule has 1 aromatic carbocycles. The average molecular weight is 305 g/mol. The number of amides is 1. The Labute approximate surface area is 130 Å². The molecule has 5 heteroatoms. The van der Waals surface area contributed by atoms with Gasteiger partial charge in [0.1, 0.15) is 0 Å². The minimum atomic E-state index is 0.192. The molecule has 1 N–H and O–H groups in total. The van der Waals surface area contributed by atoms with E-state index in [9.17, 15) is 4.79 Å². The van der Waals surface area contributed by atoms with Gasteiger partial charge >= 0.3 is 0 Å². The Morgan fingerprint density at radius 1 is 1.24 bits per heavy atom. The van der Waals surface area contributed by atoms with Crippen molar-refractivity contribution in [3.8, 4) is 0 Å². The van der Waals surface area contributed by atoms with Crippen LogP contribution in [0.15, 0.2) is 29.2 Å². The van der Waals surface area contributed by atoms with Gasteiger partial charge in [-0.2, -0.15) is 0 Å². The molecule has 3 rings (SSSR count). The van der Waals surface area contributed by atoms with E-state index in [0.717, 1.165) is 56.1 Å². The summed E-state index contributed by atoms with van der Waals surface area (Å²) in [6, 6.07) is 8.47. The molecule has 0 spiro atoms. The molecule has 0 bridgehead atoms. The molecular weight excluding hydrogens is 282 g/mol. The summed E-state index contributed by atoms with van der Waals surface area (Å²) in [5.41, 5.74) is 0.853. The number of nitrogens with one attached hydrogen (secondary N) is 1. The molecule has 2 saturated heterocycles. The van der Waals surface area contributed by atoms with Crippen LogP contribution >= 0.6 is 11.8 Å². The van der Waals surface area contributed by atoms with Crippen molar-refractivity contribution in [3.63, 3.8) is 0 Å². The molecule has 1 aromatic rings. The molecule has 0 radical (unpaired) electrons. The maximum absolute atomic E-state index is 12.7. The van der Waals surface area contributed by atoms with Gasteiger partial charge in [0, 0.05) is 50.2 Å². The van der Waals surface area contributed by atoms with Crippen LogP contribution in [-0.4, -0.2) is 67.3 Å². The van der Waals surface area contributed by atoms with E-state index in [2.05, 4.69) is 10.2 Å². The van der Waals surface area contributed by atoms with E-state index in [-0.39, 0.29) is 5.91 Å². The van der Waals surface area contributed by atoms with Crippen molar-refractivity contribution in [2.45, 2.75) is 17.4 Å². The molecule has 2 aliphatic heterocycles. The standard InChI is InChI=1S/C16H23N3OS/c1-21-15-5-3-2-4-14(15)16(20)19-9-6-13(12-19)18-10-7-17-8-11-18/h2-5,13,17H,6-12H2,1H3. The zero-order valence-corrected chi connectivity index (χ0v) is 13.4. The summed E-state index contributed by atoms with van der Waals surface area (Å²) in [5, 5.41) is 3.39. The maximum Gasteiger partial charge on any atom is 0.255 e. The van der Waals surface area contributed by atoms with Crippen LogP contribution in [0.1, 0.15) is 16.8 Å². The average Bonchev–Trinajstić information content (AvgIpc) is 3.05. The van der Waals surface area contributed by atoms with Gasteiger partial charge in [-0.25, -0.2) is 0 Å². The second kappa shape index (κ2) is 6.81. The normalized spacial score (nSPS) is 23.5. The van der Waals surface area contributed by atoms with E-state index < -0.39 is 0 Å². The van der Waals surface area contributed by atoms with Gasteiger partial charge < -0.3 is 10.2 Å². The highest BCUT2D eigenvalue weighted by molar-refractivity contribution is 7.98. The largest absolute Gasteiger partial charge is 0.337 e. The van der Waals surface area contributed by atoms with E-state index in [0.29, 0.717) is 6.04 Å². The molecule has 1 atom stereocenters. The molecule has 21 heavy (non-hydrogen) atoms. The van der Waals surface area contributed by atoms with Crippen LogP contribution in [0, 0.1) is 0 Å². The highest BCUT2D eigenvalue weighted by atomic mass is 32.2. The monoisotopic (exact) mass is 305 g/mol. The van der Waals surface area contributed by atoms with Crippen LogP contribution in [-0.2, 0) is 0 Å². The van der Waals surface area contributed by atoms with Gasteiger partial charge in [-0.1, -0.05) is 12.1 Å². The number of benzene rings is 1.